The van der Waals surface area contributed by atoms with E-state index in [-0.39, 0.29) is 15.3 Å². The van der Waals surface area contributed by atoms with Crippen LogP contribution in [-0.2, 0) is 10.0 Å². The van der Waals surface area contributed by atoms with Crippen LogP contribution in [-0.4, -0.2) is 19.8 Å². The summed E-state index contributed by atoms with van der Waals surface area (Å²) < 4.78 is 26.9. The van der Waals surface area contributed by atoms with Crippen LogP contribution < -0.4 is 4.72 Å². The van der Waals surface area contributed by atoms with E-state index in [4.69, 9.17) is 23.2 Å². The fourth-order valence-electron chi connectivity index (χ4n) is 1.02. The molecule has 0 fully saturated rings. The Labute approximate surface area is 117 Å². The van der Waals surface area contributed by atoms with Gasteiger partial charge in [-0.25, -0.2) is 13.1 Å². The van der Waals surface area contributed by atoms with Crippen LogP contribution in [0.5, 0.6) is 0 Å². The zero-order valence-corrected chi connectivity index (χ0v) is 13.1. The van der Waals surface area contributed by atoms with Crippen molar-refractivity contribution in [2.45, 2.75) is 24.3 Å². The highest BCUT2D eigenvalue weighted by atomic mass is 79.9. The summed E-state index contributed by atoms with van der Waals surface area (Å²) in [5.41, 5.74) is 0. The van der Waals surface area contributed by atoms with E-state index >= 15 is 0 Å². The second-order valence-corrected chi connectivity index (χ2v) is 7.68. The summed E-state index contributed by atoms with van der Waals surface area (Å²) in [5.74, 6) is 0. The first kappa shape index (κ1) is 14.7. The van der Waals surface area contributed by atoms with Crippen LogP contribution in [0.3, 0.4) is 0 Å². The zero-order chi connectivity index (χ0) is 12.3. The number of hydrogen-bond donors (Lipinski definition) is 1. The van der Waals surface area contributed by atoms with Gasteiger partial charge in [0.05, 0.1) is 4.34 Å². The maximum Gasteiger partial charge on any atom is 0.243 e. The lowest BCUT2D eigenvalue weighted by Gasteiger charge is -2.13. The van der Waals surface area contributed by atoms with Crippen LogP contribution in [0.4, 0.5) is 0 Å². The third-order valence-corrected chi connectivity index (χ3v) is 5.97. The molecule has 0 saturated carbocycles. The SMILES string of the molecule is CCC(CBr)NS(=O)(=O)c1cc(Cl)sc1Cl. The highest BCUT2D eigenvalue weighted by Crippen LogP contribution is 2.34. The molecule has 0 aliphatic rings. The summed E-state index contributed by atoms with van der Waals surface area (Å²) in [6.45, 7) is 1.90. The third kappa shape index (κ3) is 3.58. The van der Waals surface area contributed by atoms with E-state index in [0.29, 0.717) is 16.1 Å². The third-order valence-electron chi connectivity index (χ3n) is 1.92. The van der Waals surface area contributed by atoms with Gasteiger partial charge in [-0.1, -0.05) is 46.1 Å². The maximum absolute atomic E-state index is 11.9. The van der Waals surface area contributed by atoms with Crippen molar-refractivity contribution in [3.05, 3.63) is 14.7 Å². The molecule has 1 heterocycles. The smallest absolute Gasteiger partial charge is 0.207 e. The van der Waals surface area contributed by atoms with Crippen LogP contribution in [0.2, 0.25) is 8.67 Å². The zero-order valence-electron chi connectivity index (χ0n) is 8.34. The summed E-state index contributed by atoms with van der Waals surface area (Å²) in [7, 11) is -3.58. The summed E-state index contributed by atoms with van der Waals surface area (Å²) in [4.78, 5) is 0.0450. The molecule has 0 bridgehead atoms. The minimum atomic E-state index is -3.58. The van der Waals surface area contributed by atoms with Crippen LogP contribution in [0.1, 0.15) is 13.3 Å². The van der Waals surface area contributed by atoms with Gasteiger partial charge in [-0.2, -0.15) is 0 Å². The van der Waals surface area contributed by atoms with E-state index in [1.54, 1.807) is 0 Å². The van der Waals surface area contributed by atoms with Gasteiger partial charge in [0.1, 0.15) is 9.23 Å². The Balaban J connectivity index is 2.98. The molecule has 8 heteroatoms. The van der Waals surface area contributed by atoms with Crippen molar-refractivity contribution in [3.63, 3.8) is 0 Å². The molecule has 1 atom stereocenters. The molecular formula is C8H10BrCl2NO2S2. The van der Waals surface area contributed by atoms with Gasteiger partial charge in [-0.05, 0) is 12.5 Å². The van der Waals surface area contributed by atoms with Crippen molar-refractivity contribution < 1.29 is 8.42 Å². The number of nitrogens with one attached hydrogen (secondary N) is 1. The quantitative estimate of drug-likeness (QED) is 0.810. The second-order valence-electron chi connectivity index (χ2n) is 3.07. The topological polar surface area (TPSA) is 46.2 Å². The molecule has 0 aliphatic heterocycles. The fraction of sp³-hybridized carbons (Fsp3) is 0.500. The largest absolute Gasteiger partial charge is 0.243 e. The molecule has 0 aliphatic carbocycles. The Kier molecular flexibility index (Phi) is 5.54. The first-order chi connectivity index (χ1) is 7.40. The van der Waals surface area contributed by atoms with Crippen LogP contribution in [0.25, 0.3) is 0 Å². The van der Waals surface area contributed by atoms with Crippen molar-refractivity contribution >= 4 is 60.5 Å². The first-order valence-electron chi connectivity index (χ1n) is 4.43. The Hall–Kier alpha value is 0.670. The summed E-state index contributed by atoms with van der Waals surface area (Å²) in [6.07, 6.45) is 0.694. The van der Waals surface area contributed by atoms with Crippen LogP contribution >= 0.6 is 50.5 Å². The predicted molar refractivity (Wildman–Crippen MR) is 72.5 cm³/mol. The Morgan fingerprint density at radius 3 is 2.56 bits per heavy atom. The lowest BCUT2D eigenvalue weighted by atomic mass is 10.3. The van der Waals surface area contributed by atoms with Gasteiger partial charge in [-0.15, -0.1) is 11.3 Å². The molecule has 92 valence electrons. The number of thiophene rings is 1. The van der Waals surface area contributed by atoms with E-state index in [1.165, 1.54) is 6.07 Å². The van der Waals surface area contributed by atoms with Crippen molar-refractivity contribution in [1.82, 2.24) is 4.72 Å². The lowest BCUT2D eigenvalue weighted by molar-refractivity contribution is 0.559. The van der Waals surface area contributed by atoms with Crippen LogP contribution in [0.15, 0.2) is 11.0 Å². The Bertz CT molecular complexity index is 457. The maximum atomic E-state index is 11.9. The number of sulfonamides is 1. The van der Waals surface area contributed by atoms with E-state index in [2.05, 4.69) is 20.7 Å². The van der Waals surface area contributed by atoms with E-state index in [9.17, 15) is 8.42 Å². The van der Waals surface area contributed by atoms with Crippen LogP contribution in [0, 0.1) is 0 Å². The van der Waals surface area contributed by atoms with Gasteiger partial charge in [0.15, 0.2) is 0 Å². The molecule has 1 aromatic heterocycles. The molecular weight excluding hydrogens is 357 g/mol. The molecule has 0 amide bonds. The molecule has 1 unspecified atom stereocenters. The Morgan fingerprint density at radius 2 is 2.19 bits per heavy atom. The molecule has 1 N–H and O–H groups in total. The standard InChI is InChI=1S/C8H10BrCl2NO2S2/c1-2-5(4-9)12-16(13,14)6-3-7(10)15-8(6)11/h3,5,12H,2,4H2,1H3. The molecule has 0 radical (unpaired) electrons. The number of halogens is 3. The highest BCUT2D eigenvalue weighted by Gasteiger charge is 2.23. The fourth-order valence-corrected chi connectivity index (χ4v) is 5.32. The normalized spacial score (nSPS) is 14.0. The number of rotatable bonds is 5. The van der Waals surface area contributed by atoms with Crippen molar-refractivity contribution in [2.24, 2.45) is 0 Å². The van der Waals surface area contributed by atoms with Crippen molar-refractivity contribution in [2.75, 3.05) is 5.33 Å². The molecule has 0 aromatic carbocycles. The number of hydrogen-bond acceptors (Lipinski definition) is 3. The van der Waals surface area contributed by atoms with E-state index < -0.39 is 10.0 Å². The van der Waals surface area contributed by atoms with Gasteiger partial charge in [0, 0.05) is 11.4 Å². The monoisotopic (exact) mass is 365 g/mol. The van der Waals surface area contributed by atoms with E-state index in [0.717, 1.165) is 11.3 Å². The van der Waals surface area contributed by atoms with Gasteiger partial charge >= 0.3 is 0 Å². The second kappa shape index (κ2) is 6.02. The summed E-state index contributed by atoms with van der Waals surface area (Å²) in [5, 5.41) is 0.554. The molecule has 1 rings (SSSR count). The molecule has 3 nitrogen and oxygen atoms in total. The lowest BCUT2D eigenvalue weighted by Crippen LogP contribution is -2.35. The first-order valence-corrected chi connectivity index (χ1v) is 8.61. The molecule has 0 saturated heterocycles. The predicted octanol–water partition coefficient (Wildman–Crippen LogP) is 3.51. The minimum absolute atomic E-state index is 0.0450. The molecule has 1 aromatic rings. The average Bonchev–Trinajstić information content (AvgIpc) is 2.55. The summed E-state index contributed by atoms with van der Waals surface area (Å²) in [6, 6.07) is 1.21. The molecule has 16 heavy (non-hydrogen) atoms. The summed E-state index contributed by atoms with van der Waals surface area (Å²) >= 11 is 15.8. The van der Waals surface area contributed by atoms with Gasteiger partial charge in [0.2, 0.25) is 10.0 Å². The molecule has 0 spiro atoms. The number of alkyl halides is 1. The van der Waals surface area contributed by atoms with Crippen molar-refractivity contribution in [1.29, 1.82) is 0 Å². The van der Waals surface area contributed by atoms with E-state index in [1.807, 2.05) is 6.92 Å². The van der Waals surface area contributed by atoms with Gasteiger partial charge < -0.3 is 0 Å². The van der Waals surface area contributed by atoms with Crippen molar-refractivity contribution in [3.8, 4) is 0 Å². The average molecular weight is 367 g/mol. The Morgan fingerprint density at radius 1 is 1.56 bits per heavy atom. The van der Waals surface area contributed by atoms with Gasteiger partial charge in [0.25, 0.3) is 0 Å². The van der Waals surface area contributed by atoms with Gasteiger partial charge in [-0.3, -0.25) is 0 Å². The highest BCUT2D eigenvalue weighted by molar-refractivity contribution is 9.09. The minimum Gasteiger partial charge on any atom is -0.207 e.